The van der Waals surface area contributed by atoms with E-state index in [9.17, 15) is 9.59 Å². The number of allylic oxidation sites excluding steroid dienone is 1. The number of ketones is 2. The van der Waals surface area contributed by atoms with Crippen LogP contribution in [0.25, 0.3) is 6.08 Å². The Balaban J connectivity index is 1.76. The van der Waals surface area contributed by atoms with Crippen LogP contribution in [0.4, 0.5) is 5.69 Å². The number of methoxy groups -OCH3 is 4. The number of hydrazone groups is 1. The molecule has 0 spiro atoms. The summed E-state index contributed by atoms with van der Waals surface area (Å²) in [7, 11) is 6.25. The van der Waals surface area contributed by atoms with Crippen molar-refractivity contribution in [2.75, 3.05) is 33.4 Å². The number of carbonyl (C=O) groups excluding carboxylic acids is 2. The van der Waals surface area contributed by atoms with Gasteiger partial charge in [0.25, 0.3) is 0 Å². The fourth-order valence-corrected chi connectivity index (χ4v) is 4.53. The fourth-order valence-electron chi connectivity index (χ4n) is 4.17. The molecule has 0 radical (unpaired) electrons. The van der Waals surface area contributed by atoms with Gasteiger partial charge in [-0.05, 0) is 95.4 Å². The first kappa shape index (κ1) is 27.2. The van der Waals surface area contributed by atoms with Crippen LogP contribution < -0.4 is 24.0 Å². The average Bonchev–Trinajstić information content (AvgIpc) is 2.95. The molecule has 0 aliphatic carbocycles. The van der Waals surface area contributed by atoms with Crippen molar-refractivity contribution in [1.82, 2.24) is 0 Å². The van der Waals surface area contributed by atoms with Gasteiger partial charge in [0.15, 0.2) is 11.5 Å². The van der Waals surface area contributed by atoms with E-state index in [1.165, 1.54) is 6.08 Å². The minimum atomic E-state index is -0.508. The third-order valence-corrected chi connectivity index (χ3v) is 6.84. The van der Waals surface area contributed by atoms with E-state index in [1.54, 1.807) is 69.9 Å². The maximum atomic E-state index is 13.3. The summed E-state index contributed by atoms with van der Waals surface area (Å²) in [5, 5.41) is 6.28. The molecule has 0 bridgehead atoms. The van der Waals surface area contributed by atoms with E-state index in [0.29, 0.717) is 28.6 Å². The zero-order valence-electron chi connectivity index (χ0n) is 21.4. The van der Waals surface area contributed by atoms with Crippen molar-refractivity contribution >= 4 is 51.6 Å². The molecule has 1 atom stereocenters. The van der Waals surface area contributed by atoms with E-state index < -0.39 is 11.8 Å². The number of ether oxygens (including phenoxy) is 4. The molecule has 0 saturated carbocycles. The molecule has 38 heavy (non-hydrogen) atoms. The molecule has 9 heteroatoms. The molecule has 0 unspecified atom stereocenters. The molecule has 1 heterocycles. The van der Waals surface area contributed by atoms with Gasteiger partial charge in [-0.1, -0.05) is 0 Å². The molecule has 0 amide bonds. The van der Waals surface area contributed by atoms with Gasteiger partial charge >= 0.3 is 0 Å². The molecule has 4 rings (SSSR count). The Morgan fingerprint density at radius 3 is 2.16 bits per heavy atom. The van der Waals surface area contributed by atoms with Crippen molar-refractivity contribution in [3.8, 4) is 23.0 Å². The quantitative estimate of drug-likeness (QED) is 0.230. The van der Waals surface area contributed by atoms with Gasteiger partial charge in [0.2, 0.25) is 5.78 Å². The maximum absolute atomic E-state index is 13.3. The summed E-state index contributed by atoms with van der Waals surface area (Å²) in [5.74, 6) is 1.52. The van der Waals surface area contributed by atoms with Crippen LogP contribution in [-0.4, -0.2) is 45.7 Å². The van der Waals surface area contributed by atoms with E-state index >= 15 is 0 Å². The van der Waals surface area contributed by atoms with E-state index in [2.05, 4.69) is 27.7 Å². The van der Waals surface area contributed by atoms with Gasteiger partial charge in [-0.2, -0.15) is 5.10 Å². The minimum Gasteiger partial charge on any atom is -0.497 e. The first-order valence-electron chi connectivity index (χ1n) is 11.7. The van der Waals surface area contributed by atoms with Gasteiger partial charge in [-0.15, -0.1) is 0 Å². The molecule has 0 aromatic heterocycles. The molecule has 0 fully saturated rings. The molecule has 196 valence electrons. The second kappa shape index (κ2) is 12.1. The summed E-state index contributed by atoms with van der Waals surface area (Å²) in [6, 6.07) is 17.8. The number of rotatable bonds is 9. The second-order valence-electron chi connectivity index (χ2n) is 8.33. The largest absolute Gasteiger partial charge is 0.497 e. The number of carbonyl (C=O) groups is 2. The maximum Gasteiger partial charge on any atom is 0.209 e. The molecule has 0 saturated heterocycles. The van der Waals surface area contributed by atoms with E-state index in [1.807, 2.05) is 30.3 Å². The van der Waals surface area contributed by atoms with Crippen molar-refractivity contribution in [1.29, 1.82) is 0 Å². The Morgan fingerprint density at radius 2 is 1.53 bits per heavy atom. The van der Waals surface area contributed by atoms with E-state index in [0.717, 1.165) is 14.8 Å². The monoisotopic (exact) mass is 626 g/mol. The van der Waals surface area contributed by atoms with Crippen molar-refractivity contribution in [3.05, 3.63) is 81.4 Å². The molecular weight excluding hydrogens is 599 g/mol. The Bertz CT molecular complexity index is 1400. The number of anilines is 1. The zero-order valence-corrected chi connectivity index (χ0v) is 23.6. The zero-order chi connectivity index (χ0) is 27.2. The summed E-state index contributed by atoms with van der Waals surface area (Å²) >= 11 is 2.22. The predicted octanol–water partition coefficient (Wildman–Crippen LogP) is 5.48. The average molecular weight is 626 g/mol. The highest BCUT2D eigenvalue weighted by molar-refractivity contribution is 14.1. The molecule has 8 nitrogen and oxygen atoms in total. The van der Waals surface area contributed by atoms with Crippen molar-refractivity contribution in [2.45, 2.75) is 12.5 Å². The lowest BCUT2D eigenvalue weighted by Crippen LogP contribution is -2.38. The first-order chi connectivity index (χ1) is 18.4. The Kier molecular flexibility index (Phi) is 8.67. The van der Waals surface area contributed by atoms with Crippen LogP contribution in [0.2, 0.25) is 0 Å². The number of hydrogen-bond donors (Lipinski definition) is 0. The summed E-state index contributed by atoms with van der Waals surface area (Å²) in [4.78, 5) is 26.6. The third kappa shape index (κ3) is 5.83. The molecule has 1 aliphatic heterocycles. The Labute approximate surface area is 235 Å². The Morgan fingerprint density at radius 1 is 0.895 bits per heavy atom. The van der Waals surface area contributed by atoms with Crippen molar-refractivity contribution < 1.29 is 28.5 Å². The number of Topliss-reactive ketones (excluding diaryl/α,β-unsaturated/α-hetero) is 1. The van der Waals surface area contributed by atoms with Gasteiger partial charge in [0, 0.05) is 21.1 Å². The number of benzene rings is 3. The summed E-state index contributed by atoms with van der Waals surface area (Å²) in [6.45, 7) is 0. The van der Waals surface area contributed by atoms with Crippen LogP contribution in [0.5, 0.6) is 23.0 Å². The summed E-state index contributed by atoms with van der Waals surface area (Å²) in [5.41, 5.74) is 1.94. The molecule has 3 aromatic carbocycles. The number of halogens is 1. The van der Waals surface area contributed by atoms with Gasteiger partial charge in [-0.3, -0.25) is 14.6 Å². The van der Waals surface area contributed by atoms with Crippen LogP contribution in [0, 0.1) is 3.57 Å². The van der Waals surface area contributed by atoms with Crippen LogP contribution in [0.15, 0.2) is 71.8 Å². The number of hydrogen-bond acceptors (Lipinski definition) is 8. The van der Waals surface area contributed by atoms with E-state index in [4.69, 9.17) is 18.9 Å². The van der Waals surface area contributed by atoms with E-state index in [-0.39, 0.29) is 17.9 Å². The highest BCUT2D eigenvalue weighted by Crippen LogP contribution is 2.39. The van der Waals surface area contributed by atoms with Gasteiger partial charge in [-0.25, -0.2) is 0 Å². The predicted molar refractivity (Wildman–Crippen MR) is 155 cm³/mol. The van der Waals surface area contributed by atoms with Gasteiger partial charge in [0.05, 0.1) is 40.2 Å². The normalized spacial score (nSPS) is 15.3. The second-order valence-corrected chi connectivity index (χ2v) is 9.57. The first-order valence-corrected chi connectivity index (χ1v) is 12.8. The fraction of sp³-hybridized carbons (Fsp3) is 0.207. The summed E-state index contributed by atoms with van der Waals surface area (Å²) < 4.78 is 22.7. The Hall–Kier alpha value is -3.86. The molecule has 1 aliphatic rings. The van der Waals surface area contributed by atoms with Crippen LogP contribution in [-0.2, 0) is 9.59 Å². The van der Waals surface area contributed by atoms with Crippen LogP contribution in [0.1, 0.15) is 23.6 Å². The van der Waals surface area contributed by atoms with Gasteiger partial charge < -0.3 is 18.9 Å². The third-order valence-electron chi connectivity index (χ3n) is 6.12. The molecule has 0 N–H and O–H groups in total. The van der Waals surface area contributed by atoms with Crippen LogP contribution in [0.3, 0.4) is 0 Å². The minimum absolute atomic E-state index is 0.0242. The highest BCUT2D eigenvalue weighted by atomic mass is 127. The SMILES string of the molecule is COc1ccc(OC)c(/C=C/C(=O)C2=NN(c3ccc(I)cc3)[C@H](c3cc(OC)ccc3OC)CC2=O)c1. The van der Waals surface area contributed by atoms with Crippen molar-refractivity contribution in [3.63, 3.8) is 0 Å². The lowest BCUT2D eigenvalue weighted by molar-refractivity contribution is -0.115. The smallest absolute Gasteiger partial charge is 0.209 e. The van der Waals surface area contributed by atoms with Crippen molar-refractivity contribution in [2.24, 2.45) is 5.10 Å². The topological polar surface area (TPSA) is 86.7 Å². The lowest BCUT2D eigenvalue weighted by Gasteiger charge is -2.34. The highest BCUT2D eigenvalue weighted by Gasteiger charge is 2.35. The van der Waals surface area contributed by atoms with Gasteiger partial charge in [0.1, 0.15) is 23.0 Å². The summed E-state index contributed by atoms with van der Waals surface area (Å²) in [6.07, 6.45) is 2.94. The van der Waals surface area contributed by atoms with Crippen LogP contribution >= 0.6 is 22.6 Å². The lowest BCUT2D eigenvalue weighted by atomic mass is 9.94. The number of nitrogens with zero attached hydrogens (tertiary/aromatic N) is 2. The standard InChI is InChI=1S/C29H27IN2O6/c1-35-21-10-13-27(37-3)18(15-21)5-12-25(33)29-26(34)17-24(23-16-22(36-2)11-14-28(23)38-4)32(31-29)20-8-6-19(30)7-9-20/h5-16,24H,17H2,1-4H3/b12-5+/t24-/m0/s1. The molecular formula is C29H27IN2O6. The molecule has 3 aromatic rings.